The number of amides is 1. The maximum absolute atomic E-state index is 13.2. The molecule has 2 aromatic heterocycles. The average molecular weight is 346 g/mol. The Morgan fingerprint density at radius 3 is 2.96 bits per heavy atom. The Morgan fingerprint density at radius 2 is 2.25 bits per heavy atom. The van der Waals surface area contributed by atoms with Crippen LogP contribution in [0.3, 0.4) is 0 Å². The highest BCUT2D eigenvalue weighted by Gasteiger charge is 2.16. The smallest absolute Gasteiger partial charge is 0.230 e. The number of benzene rings is 1. The Labute approximate surface area is 142 Å². The molecule has 3 aromatic rings. The molecule has 0 saturated heterocycles. The molecule has 0 atom stereocenters. The van der Waals surface area contributed by atoms with Crippen molar-refractivity contribution in [3.63, 3.8) is 0 Å². The van der Waals surface area contributed by atoms with Crippen LogP contribution in [0.4, 0.5) is 10.1 Å². The molecular weight excluding hydrogens is 331 g/mol. The molecule has 7 heteroatoms. The molecule has 124 valence electrons. The number of hydrogen-bond donors (Lipinski definition) is 1. The molecule has 3 rings (SSSR count). The Balaban J connectivity index is 1.74. The Kier molecular flexibility index (Phi) is 4.61. The standard InChI is InChI=1S/C17H15FN2O3S/c1-10-14(20-17(23-10)11-5-6-24-9-11)8-16(21)19-13-4-3-12(18)7-15(13)22-2/h3-7,9H,8H2,1-2H3,(H,19,21). The van der Waals surface area contributed by atoms with Gasteiger partial charge in [0.25, 0.3) is 0 Å². The maximum atomic E-state index is 13.2. The maximum Gasteiger partial charge on any atom is 0.230 e. The van der Waals surface area contributed by atoms with Crippen LogP contribution < -0.4 is 10.1 Å². The number of thiophene rings is 1. The van der Waals surface area contributed by atoms with E-state index >= 15 is 0 Å². The molecule has 1 amide bonds. The Bertz CT molecular complexity index is 859. The fraction of sp³-hybridized carbons (Fsp3) is 0.176. The van der Waals surface area contributed by atoms with E-state index in [1.54, 1.807) is 18.3 Å². The van der Waals surface area contributed by atoms with E-state index in [1.807, 2.05) is 16.8 Å². The Hall–Kier alpha value is -2.67. The summed E-state index contributed by atoms with van der Waals surface area (Å²) in [6.45, 7) is 1.77. The number of anilines is 1. The first-order chi connectivity index (χ1) is 11.6. The lowest BCUT2D eigenvalue weighted by molar-refractivity contribution is -0.115. The van der Waals surface area contributed by atoms with Crippen LogP contribution in [0.2, 0.25) is 0 Å². The molecule has 2 heterocycles. The number of nitrogens with one attached hydrogen (secondary N) is 1. The van der Waals surface area contributed by atoms with Gasteiger partial charge in [-0.1, -0.05) is 0 Å². The van der Waals surface area contributed by atoms with Gasteiger partial charge in [-0.2, -0.15) is 11.3 Å². The largest absolute Gasteiger partial charge is 0.494 e. The second-order valence-corrected chi connectivity index (χ2v) is 5.88. The predicted molar refractivity (Wildman–Crippen MR) is 89.8 cm³/mol. The van der Waals surface area contributed by atoms with Gasteiger partial charge >= 0.3 is 0 Å². The number of oxazole rings is 1. The van der Waals surface area contributed by atoms with E-state index in [-0.39, 0.29) is 18.1 Å². The minimum Gasteiger partial charge on any atom is -0.494 e. The number of aryl methyl sites for hydroxylation is 1. The van der Waals surface area contributed by atoms with Gasteiger partial charge in [0.1, 0.15) is 17.3 Å². The van der Waals surface area contributed by atoms with E-state index in [1.165, 1.54) is 25.3 Å². The summed E-state index contributed by atoms with van der Waals surface area (Å²) in [6, 6.07) is 5.83. The van der Waals surface area contributed by atoms with Crippen molar-refractivity contribution in [3.8, 4) is 17.2 Å². The lowest BCUT2D eigenvalue weighted by Gasteiger charge is -2.09. The molecule has 0 radical (unpaired) electrons. The number of carbonyl (C=O) groups is 1. The van der Waals surface area contributed by atoms with E-state index in [0.29, 0.717) is 23.0 Å². The van der Waals surface area contributed by atoms with Crippen LogP contribution in [0.25, 0.3) is 11.5 Å². The summed E-state index contributed by atoms with van der Waals surface area (Å²) in [5.41, 5.74) is 1.85. The molecule has 0 spiro atoms. The van der Waals surface area contributed by atoms with Crippen molar-refractivity contribution in [1.29, 1.82) is 0 Å². The topological polar surface area (TPSA) is 64.4 Å². The van der Waals surface area contributed by atoms with E-state index in [4.69, 9.17) is 9.15 Å². The second-order valence-electron chi connectivity index (χ2n) is 5.10. The van der Waals surface area contributed by atoms with Crippen LogP contribution in [0, 0.1) is 12.7 Å². The molecule has 0 unspecified atom stereocenters. The van der Waals surface area contributed by atoms with Gasteiger partial charge in [-0.15, -0.1) is 0 Å². The van der Waals surface area contributed by atoms with Crippen molar-refractivity contribution in [3.05, 3.63) is 52.3 Å². The number of nitrogens with zero attached hydrogens (tertiary/aromatic N) is 1. The molecule has 0 saturated carbocycles. The number of ether oxygens (including phenoxy) is 1. The highest BCUT2D eigenvalue weighted by molar-refractivity contribution is 7.08. The minimum absolute atomic E-state index is 0.0556. The fourth-order valence-electron chi connectivity index (χ4n) is 2.22. The molecule has 0 aliphatic carbocycles. The van der Waals surface area contributed by atoms with Gasteiger partial charge in [0.2, 0.25) is 11.8 Å². The lowest BCUT2D eigenvalue weighted by Crippen LogP contribution is -2.15. The van der Waals surface area contributed by atoms with Crippen LogP contribution >= 0.6 is 11.3 Å². The highest BCUT2D eigenvalue weighted by atomic mass is 32.1. The third-order valence-corrected chi connectivity index (χ3v) is 4.11. The molecule has 1 aromatic carbocycles. The lowest BCUT2D eigenvalue weighted by atomic mass is 10.2. The van der Waals surface area contributed by atoms with E-state index in [2.05, 4.69) is 10.3 Å². The molecule has 24 heavy (non-hydrogen) atoms. The van der Waals surface area contributed by atoms with Gasteiger partial charge < -0.3 is 14.5 Å². The van der Waals surface area contributed by atoms with Crippen molar-refractivity contribution >= 4 is 22.9 Å². The quantitative estimate of drug-likeness (QED) is 0.757. The van der Waals surface area contributed by atoms with Crippen molar-refractivity contribution < 1.29 is 18.3 Å². The van der Waals surface area contributed by atoms with Crippen molar-refractivity contribution in [2.45, 2.75) is 13.3 Å². The summed E-state index contributed by atoms with van der Waals surface area (Å²) < 4.78 is 23.9. The Morgan fingerprint density at radius 1 is 1.42 bits per heavy atom. The zero-order valence-electron chi connectivity index (χ0n) is 13.1. The zero-order valence-corrected chi connectivity index (χ0v) is 13.9. The van der Waals surface area contributed by atoms with Gasteiger partial charge in [-0.3, -0.25) is 4.79 Å². The summed E-state index contributed by atoms with van der Waals surface area (Å²) in [6.07, 6.45) is 0.0556. The van der Waals surface area contributed by atoms with Crippen LogP contribution in [0.1, 0.15) is 11.5 Å². The van der Waals surface area contributed by atoms with Gasteiger partial charge in [0, 0.05) is 17.0 Å². The third-order valence-electron chi connectivity index (χ3n) is 3.43. The molecule has 5 nitrogen and oxygen atoms in total. The summed E-state index contributed by atoms with van der Waals surface area (Å²) in [5.74, 6) is 0.637. The van der Waals surface area contributed by atoms with Gasteiger partial charge in [-0.05, 0) is 30.5 Å². The first kappa shape index (κ1) is 16.2. The first-order valence-electron chi connectivity index (χ1n) is 7.19. The number of carbonyl (C=O) groups excluding carboxylic acids is 1. The van der Waals surface area contributed by atoms with E-state index in [9.17, 15) is 9.18 Å². The summed E-state index contributed by atoms with van der Waals surface area (Å²) in [5, 5.41) is 6.56. The SMILES string of the molecule is COc1cc(F)ccc1NC(=O)Cc1nc(-c2ccsc2)oc1C. The monoisotopic (exact) mass is 346 g/mol. The number of halogens is 1. The second kappa shape index (κ2) is 6.84. The van der Waals surface area contributed by atoms with Crippen molar-refractivity contribution in [2.75, 3.05) is 12.4 Å². The van der Waals surface area contributed by atoms with E-state index < -0.39 is 5.82 Å². The summed E-state index contributed by atoms with van der Waals surface area (Å²) in [4.78, 5) is 16.6. The van der Waals surface area contributed by atoms with Gasteiger partial charge in [-0.25, -0.2) is 9.37 Å². The average Bonchev–Trinajstić information content (AvgIpc) is 3.19. The summed E-state index contributed by atoms with van der Waals surface area (Å²) >= 11 is 1.55. The van der Waals surface area contributed by atoms with Crippen LogP contribution in [0.15, 0.2) is 39.4 Å². The van der Waals surface area contributed by atoms with Crippen LogP contribution in [-0.2, 0) is 11.2 Å². The first-order valence-corrected chi connectivity index (χ1v) is 8.13. The van der Waals surface area contributed by atoms with Crippen LogP contribution in [-0.4, -0.2) is 18.0 Å². The molecular formula is C17H15FN2O3S. The highest BCUT2D eigenvalue weighted by Crippen LogP contribution is 2.26. The molecule has 0 bridgehead atoms. The minimum atomic E-state index is -0.433. The summed E-state index contributed by atoms with van der Waals surface area (Å²) in [7, 11) is 1.42. The number of hydrogen-bond acceptors (Lipinski definition) is 5. The third kappa shape index (κ3) is 3.46. The predicted octanol–water partition coefficient (Wildman–Crippen LogP) is 4.04. The fourth-order valence-corrected chi connectivity index (χ4v) is 2.85. The normalized spacial score (nSPS) is 10.6. The zero-order chi connectivity index (χ0) is 17.1. The van der Waals surface area contributed by atoms with Crippen LogP contribution in [0.5, 0.6) is 5.75 Å². The van der Waals surface area contributed by atoms with Crippen molar-refractivity contribution in [1.82, 2.24) is 4.98 Å². The van der Waals surface area contributed by atoms with Gasteiger partial charge in [0.05, 0.1) is 24.9 Å². The molecule has 0 aliphatic rings. The number of methoxy groups -OCH3 is 1. The molecule has 1 N–H and O–H groups in total. The molecule has 0 aliphatic heterocycles. The van der Waals surface area contributed by atoms with Crippen molar-refractivity contribution in [2.24, 2.45) is 0 Å². The van der Waals surface area contributed by atoms with E-state index in [0.717, 1.165) is 5.56 Å². The number of rotatable bonds is 5. The number of aromatic nitrogens is 1. The van der Waals surface area contributed by atoms with Gasteiger partial charge in [0.15, 0.2) is 0 Å². The molecule has 0 fully saturated rings.